The highest BCUT2D eigenvalue weighted by Crippen LogP contribution is 2.24. The first-order valence-electron chi connectivity index (χ1n) is 9.68. The first-order chi connectivity index (χ1) is 12.2. The van der Waals surface area contributed by atoms with E-state index in [2.05, 4.69) is 0 Å². The lowest BCUT2D eigenvalue weighted by atomic mass is 9.92. The van der Waals surface area contributed by atoms with Gasteiger partial charge in [-0.25, -0.2) is 4.79 Å². The first-order valence-corrected chi connectivity index (χ1v) is 9.68. The Hall–Kier alpha value is -1.34. The zero-order chi connectivity index (χ0) is 19.2. The summed E-state index contributed by atoms with van der Waals surface area (Å²) in [7, 11) is 0. The van der Waals surface area contributed by atoms with Gasteiger partial charge in [0.05, 0.1) is 0 Å². The van der Waals surface area contributed by atoms with Crippen molar-refractivity contribution in [3.05, 3.63) is 0 Å². The second-order valence-corrected chi connectivity index (χ2v) is 8.23. The number of amides is 1. The van der Waals surface area contributed by atoms with Crippen LogP contribution in [-0.4, -0.2) is 59.6 Å². The maximum atomic E-state index is 12.1. The predicted octanol–water partition coefficient (Wildman–Crippen LogP) is 3.35. The van der Waals surface area contributed by atoms with E-state index >= 15 is 0 Å². The molecule has 27 heavy (non-hydrogen) atoms. The van der Waals surface area contributed by atoms with Gasteiger partial charge in [0.2, 0.25) is 0 Å². The van der Waals surface area contributed by atoms with Crippen molar-refractivity contribution >= 4 is 30.3 Å². The summed E-state index contributed by atoms with van der Waals surface area (Å²) in [6, 6.07) is 0. The highest BCUT2D eigenvalue weighted by molar-refractivity contribution is 5.85. The van der Waals surface area contributed by atoms with E-state index in [-0.39, 0.29) is 30.3 Å². The van der Waals surface area contributed by atoms with E-state index in [0.29, 0.717) is 51.4 Å². The van der Waals surface area contributed by atoms with Crippen LogP contribution in [0.15, 0.2) is 0 Å². The lowest BCUT2D eigenvalue weighted by molar-refractivity contribution is -0.195. The number of carbonyl (C=O) groups excluding carboxylic acids is 3. The van der Waals surface area contributed by atoms with Crippen molar-refractivity contribution in [2.24, 2.45) is 5.92 Å². The fraction of sp³-hybridized carbons (Fsp3) is 0.842. The van der Waals surface area contributed by atoms with Crippen LogP contribution in [-0.2, 0) is 19.2 Å². The number of nitrogens with zero attached hydrogens (tertiary/aromatic N) is 2. The number of hydroxylamine groups is 2. The SMILES string of the molecule is CC(C)(C)OC(=O)N1CCC(CCCC(=O)ON2CCC(=O)CC2)CC1.Cl. The van der Waals surface area contributed by atoms with Crippen molar-refractivity contribution in [2.45, 2.75) is 71.3 Å². The fourth-order valence-corrected chi connectivity index (χ4v) is 3.28. The van der Waals surface area contributed by atoms with Crippen molar-refractivity contribution in [1.29, 1.82) is 0 Å². The van der Waals surface area contributed by atoms with Gasteiger partial charge in [0.25, 0.3) is 0 Å². The van der Waals surface area contributed by atoms with Crippen LogP contribution in [0.2, 0.25) is 0 Å². The Labute approximate surface area is 168 Å². The molecule has 156 valence electrons. The Balaban J connectivity index is 0.00000364. The molecule has 8 heteroatoms. The normalized spacial score (nSPS) is 19.4. The Morgan fingerprint density at radius 1 is 1.07 bits per heavy atom. The van der Waals surface area contributed by atoms with E-state index in [1.165, 1.54) is 0 Å². The van der Waals surface area contributed by atoms with E-state index in [1.54, 1.807) is 9.96 Å². The molecule has 0 saturated carbocycles. The van der Waals surface area contributed by atoms with Gasteiger partial charge in [-0.1, -0.05) is 0 Å². The lowest BCUT2D eigenvalue weighted by Gasteiger charge is -2.33. The molecule has 0 N–H and O–H groups in total. The van der Waals surface area contributed by atoms with E-state index < -0.39 is 5.60 Å². The van der Waals surface area contributed by atoms with Crippen LogP contribution >= 0.6 is 12.4 Å². The van der Waals surface area contributed by atoms with Crippen molar-refractivity contribution < 1.29 is 24.0 Å². The van der Waals surface area contributed by atoms with Crippen molar-refractivity contribution in [2.75, 3.05) is 26.2 Å². The number of hydrogen-bond acceptors (Lipinski definition) is 6. The largest absolute Gasteiger partial charge is 0.444 e. The zero-order valence-electron chi connectivity index (χ0n) is 16.7. The van der Waals surface area contributed by atoms with Gasteiger partial charge in [0, 0.05) is 45.4 Å². The number of Topliss-reactive ketones (excluding diaryl/α,β-unsaturated/α-hetero) is 1. The van der Waals surface area contributed by atoms with Crippen molar-refractivity contribution in [1.82, 2.24) is 9.96 Å². The quantitative estimate of drug-likeness (QED) is 0.699. The number of carbonyl (C=O) groups is 3. The molecule has 0 unspecified atom stereocenters. The van der Waals surface area contributed by atoms with Gasteiger partial charge in [-0.15, -0.1) is 17.5 Å². The summed E-state index contributed by atoms with van der Waals surface area (Å²) in [4.78, 5) is 42.2. The number of hydrogen-bond donors (Lipinski definition) is 0. The minimum atomic E-state index is -0.462. The Morgan fingerprint density at radius 3 is 2.22 bits per heavy atom. The van der Waals surface area contributed by atoms with Gasteiger partial charge in [-0.05, 0) is 52.4 Å². The third-order valence-electron chi connectivity index (χ3n) is 4.77. The number of ether oxygens (including phenoxy) is 1. The van der Waals surface area contributed by atoms with Gasteiger partial charge >= 0.3 is 12.1 Å². The fourth-order valence-electron chi connectivity index (χ4n) is 3.28. The molecule has 2 heterocycles. The standard InChI is InChI=1S/C19H32N2O5.ClH/c1-19(2,3)25-18(24)20-11-7-15(8-12-20)5-4-6-17(23)26-21-13-9-16(22)10-14-21;/h15H,4-14H2,1-3H3;1H. The van der Waals surface area contributed by atoms with E-state index in [0.717, 1.165) is 25.7 Å². The number of likely N-dealkylation sites (tertiary alicyclic amines) is 1. The minimum Gasteiger partial charge on any atom is -0.444 e. The molecule has 0 aromatic heterocycles. The highest BCUT2D eigenvalue weighted by Gasteiger charge is 2.27. The molecule has 2 aliphatic heterocycles. The summed E-state index contributed by atoms with van der Waals surface area (Å²) >= 11 is 0. The maximum absolute atomic E-state index is 12.1. The van der Waals surface area contributed by atoms with Crippen LogP contribution in [0, 0.1) is 5.92 Å². The summed E-state index contributed by atoms with van der Waals surface area (Å²) in [5.74, 6) is 0.551. The van der Waals surface area contributed by atoms with E-state index in [4.69, 9.17) is 9.57 Å². The average molecular weight is 405 g/mol. The van der Waals surface area contributed by atoms with Gasteiger partial charge in [-0.3, -0.25) is 9.59 Å². The molecule has 2 saturated heterocycles. The maximum Gasteiger partial charge on any atom is 0.410 e. The van der Waals surface area contributed by atoms with Crippen LogP contribution in [0.1, 0.15) is 65.7 Å². The summed E-state index contributed by atoms with van der Waals surface area (Å²) in [5.41, 5.74) is -0.462. The third kappa shape index (κ3) is 8.93. The van der Waals surface area contributed by atoms with Crippen LogP contribution in [0.4, 0.5) is 4.79 Å². The highest BCUT2D eigenvalue weighted by atomic mass is 35.5. The Kier molecular flexibility index (Phi) is 9.53. The van der Waals surface area contributed by atoms with Crippen molar-refractivity contribution in [3.8, 4) is 0 Å². The monoisotopic (exact) mass is 404 g/mol. The number of rotatable bonds is 5. The van der Waals surface area contributed by atoms with Gasteiger partial charge in [0.15, 0.2) is 0 Å². The molecule has 0 atom stereocenters. The Morgan fingerprint density at radius 2 is 1.67 bits per heavy atom. The molecule has 0 spiro atoms. The second kappa shape index (κ2) is 10.9. The van der Waals surface area contributed by atoms with Crippen LogP contribution in [0.3, 0.4) is 0 Å². The first kappa shape index (κ1) is 23.7. The molecule has 7 nitrogen and oxygen atoms in total. The van der Waals surface area contributed by atoms with Gasteiger partial charge < -0.3 is 14.5 Å². The summed E-state index contributed by atoms with van der Waals surface area (Å²) in [6.45, 7) is 8.06. The van der Waals surface area contributed by atoms with Crippen LogP contribution < -0.4 is 0 Å². The molecular formula is C19H33ClN2O5. The predicted molar refractivity (Wildman–Crippen MR) is 104 cm³/mol. The van der Waals surface area contributed by atoms with Crippen LogP contribution in [0.5, 0.6) is 0 Å². The Bertz CT molecular complexity index is 503. The molecule has 2 aliphatic rings. The minimum absolute atomic E-state index is 0. The lowest BCUT2D eigenvalue weighted by Crippen LogP contribution is -2.41. The zero-order valence-corrected chi connectivity index (χ0v) is 17.5. The summed E-state index contributed by atoms with van der Waals surface area (Å²) in [6.07, 6.45) is 4.74. The van der Waals surface area contributed by atoms with E-state index in [1.807, 2.05) is 20.8 Å². The summed E-state index contributed by atoms with van der Waals surface area (Å²) in [5, 5.41) is 1.60. The molecule has 0 aromatic carbocycles. The molecule has 1 amide bonds. The number of piperidine rings is 2. The van der Waals surface area contributed by atoms with Crippen LogP contribution in [0.25, 0.3) is 0 Å². The molecule has 2 fully saturated rings. The third-order valence-corrected chi connectivity index (χ3v) is 4.77. The molecule has 2 rings (SSSR count). The summed E-state index contributed by atoms with van der Waals surface area (Å²) < 4.78 is 5.40. The average Bonchev–Trinajstić information content (AvgIpc) is 2.56. The molecule has 0 radical (unpaired) electrons. The smallest absolute Gasteiger partial charge is 0.410 e. The topological polar surface area (TPSA) is 76.2 Å². The molecule has 0 aliphatic carbocycles. The van der Waals surface area contributed by atoms with Gasteiger partial charge in [-0.2, -0.15) is 0 Å². The number of ketones is 1. The molecule has 0 bridgehead atoms. The molecule has 0 aromatic rings. The number of halogens is 1. The second-order valence-electron chi connectivity index (χ2n) is 8.23. The van der Waals surface area contributed by atoms with Crippen molar-refractivity contribution in [3.63, 3.8) is 0 Å². The van der Waals surface area contributed by atoms with E-state index in [9.17, 15) is 14.4 Å². The molecular weight excluding hydrogens is 372 g/mol. The van der Waals surface area contributed by atoms with Gasteiger partial charge in [0.1, 0.15) is 11.4 Å².